The van der Waals surface area contributed by atoms with E-state index < -0.39 is 0 Å². The molecule has 0 aromatic carbocycles. The summed E-state index contributed by atoms with van der Waals surface area (Å²) >= 11 is 1.76. The van der Waals surface area contributed by atoms with Crippen molar-refractivity contribution in [2.24, 2.45) is 0 Å². The summed E-state index contributed by atoms with van der Waals surface area (Å²) in [5, 5.41) is 0.213. The molecule has 60 valence electrons. The van der Waals surface area contributed by atoms with Gasteiger partial charge in [0.1, 0.15) is 5.78 Å². The summed E-state index contributed by atoms with van der Waals surface area (Å²) in [6.45, 7) is 6.05. The highest BCUT2D eigenvalue weighted by atomic mass is 32.2. The van der Waals surface area contributed by atoms with E-state index in [1.165, 1.54) is 0 Å². The molecule has 0 radical (unpaired) electrons. The van der Waals surface area contributed by atoms with E-state index in [-0.39, 0.29) is 5.25 Å². The number of thioether (sulfide) groups is 1. The number of carbonyl (C=O) groups is 1. The lowest BCUT2D eigenvalue weighted by molar-refractivity contribution is -0.117. The molecular weight excluding hydrogens is 144 g/mol. The van der Waals surface area contributed by atoms with Crippen LogP contribution < -0.4 is 0 Å². The predicted octanol–water partition coefficient (Wildman–Crippen LogP) is 2.50. The van der Waals surface area contributed by atoms with E-state index in [2.05, 4.69) is 6.92 Å². The topological polar surface area (TPSA) is 17.1 Å². The van der Waals surface area contributed by atoms with Crippen LogP contribution in [0.1, 0.15) is 33.6 Å². The van der Waals surface area contributed by atoms with Crippen molar-refractivity contribution in [1.82, 2.24) is 0 Å². The van der Waals surface area contributed by atoms with Gasteiger partial charge in [0.2, 0.25) is 0 Å². The van der Waals surface area contributed by atoms with Crippen molar-refractivity contribution >= 4 is 17.5 Å². The Kier molecular flexibility index (Phi) is 5.79. The molecular formula is C8H16OS. The van der Waals surface area contributed by atoms with Crippen molar-refractivity contribution in [3.8, 4) is 0 Å². The summed E-state index contributed by atoms with van der Waals surface area (Å²) in [5.41, 5.74) is 0. The minimum absolute atomic E-state index is 0.213. The zero-order valence-electron chi connectivity index (χ0n) is 7.02. The van der Waals surface area contributed by atoms with Gasteiger partial charge in [0.15, 0.2) is 0 Å². The van der Waals surface area contributed by atoms with Gasteiger partial charge < -0.3 is 0 Å². The number of Topliss-reactive ketones (excluding diaryl/α,β-unsaturated/α-hetero) is 1. The SMILES string of the molecule is CCCSC(C)C(=O)CC. The molecule has 0 heterocycles. The van der Waals surface area contributed by atoms with Crippen molar-refractivity contribution in [2.75, 3.05) is 5.75 Å². The molecule has 0 saturated carbocycles. The molecule has 0 fully saturated rings. The zero-order chi connectivity index (χ0) is 7.98. The molecule has 1 nitrogen and oxygen atoms in total. The maximum absolute atomic E-state index is 11.0. The molecule has 0 spiro atoms. The van der Waals surface area contributed by atoms with Crippen LogP contribution in [0.4, 0.5) is 0 Å². The van der Waals surface area contributed by atoms with E-state index >= 15 is 0 Å². The van der Waals surface area contributed by atoms with Crippen LogP contribution >= 0.6 is 11.8 Å². The van der Waals surface area contributed by atoms with Gasteiger partial charge in [0, 0.05) is 6.42 Å². The summed E-state index contributed by atoms with van der Waals surface area (Å²) in [5.74, 6) is 1.48. The standard InChI is InChI=1S/C8H16OS/c1-4-6-10-7(3)8(9)5-2/h7H,4-6H2,1-3H3. The normalized spacial score (nSPS) is 13.1. The Labute approximate surface area is 67.6 Å². The molecule has 2 heteroatoms. The third-order valence-corrected chi connectivity index (χ3v) is 2.78. The van der Waals surface area contributed by atoms with E-state index in [1.54, 1.807) is 11.8 Å². The molecule has 0 saturated heterocycles. The number of hydrogen-bond acceptors (Lipinski definition) is 2. The van der Waals surface area contributed by atoms with Crippen molar-refractivity contribution in [3.63, 3.8) is 0 Å². The molecule has 0 aromatic rings. The fraction of sp³-hybridized carbons (Fsp3) is 0.875. The van der Waals surface area contributed by atoms with E-state index in [0.717, 1.165) is 12.2 Å². The molecule has 0 aliphatic rings. The zero-order valence-corrected chi connectivity index (χ0v) is 7.83. The van der Waals surface area contributed by atoms with Crippen LogP contribution in [0.15, 0.2) is 0 Å². The Morgan fingerprint density at radius 1 is 1.50 bits per heavy atom. The molecule has 0 rings (SSSR count). The van der Waals surface area contributed by atoms with Gasteiger partial charge in [-0.25, -0.2) is 0 Å². The van der Waals surface area contributed by atoms with Gasteiger partial charge in [0.05, 0.1) is 5.25 Å². The third kappa shape index (κ3) is 3.94. The highest BCUT2D eigenvalue weighted by molar-refractivity contribution is 8.00. The molecule has 0 N–H and O–H groups in total. The lowest BCUT2D eigenvalue weighted by atomic mass is 10.2. The highest BCUT2D eigenvalue weighted by Crippen LogP contribution is 2.13. The summed E-state index contributed by atoms with van der Waals surface area (Å²) in [6, 6.07) is 0. The van der Waals surface area contributed by atoms with Crippen LogP contribution in [0.2, 0.25) is 0 Å². The fourth-order valence-corrected chi connectivity index (χ4v) is 1.62. The van der Waals surface area contributed by atoms with E-state index in [1.807, 2.05) is 13.8 Å². The monoisotopic (exact) mass is 160 g/mol. The Balaban J connectivity index is 3.41. The van der Waals surface area contributed by atoms with Crippen LogP contribution in [0.25, 0.3) is 0 Å². The molecule has 0 aromatic heterocycles. The lowest BCUT2D eigenvalue weighted by Crippen LogP contribution is -2.11. The Bertz CT molecular complexity index is 101. The van der Waals surface area contributed by atoms with Crippen LogP contribution in [0.5, 0.6) is 0 Å². The van der Waals surface area contributed by atoms with Gasteiger partial charge in [-0.3, -0.25) is 4.79 Å². The minimum atomic E-state index is 0.213. The van der Waals surface area contributed by atoms with Crippen molar-refractivity contribution in [1.29, 1.82) is 0 Å². The average Bonchev–Trinajstić information content (AvgIpc) is 1.98. The van der Waals surface area contributed by atoms with Gasteiger partial charge >= 0.3 is 0 Å². The lowest BCUT2D eigenvalue weighted by Gasteiger charge is -2.06. The Morgan fingerprint density at radius 3 is 2.50 bits per heavy atom. The predicted molar refractivity (Wildman–Crippen MR) is 47.5 cm³/mol. The van der Waals surface area contributed by atoms with Gasteiger partial charge in [-0.1, -0.05) is 13.8 Å². The molecule has 0 aliphatic carbocycles. The maximum atomic E-state index is 11.0. The van der Waals surface area contributed by atoms with Crippen LogP contribution in [0, 0.1) is 0 Å². The van der Waals surface area contributed by atoms with Crippen molar-refractivity contribution < 1.29 is 4.79 Å². The molecule has 0 amide bonds. The first-order chi connectivity index (χ1) is 4.72. The summed E-state index contributed by atoms with van der Waals surface area (Å²) in [4.78, 5) is 11.0. The Hall–Kier alpha value is 0.0200. The van der Waals surface area contributed by atoms with E-state index in [0.29, 0.717) is 12.2 Å². The number of carbonyl (C=O) groups excluding carboxylic acids is 1. The third-order valence-electron chi connectivity index (χ3n) is 1.37. The summed E-state index contributed by atoms with van der Waals surface area (Å²) < 4.78 is 0. The average molecular weight is 160 g/mol. The van der Waals surface area contributed by atoms with Gasteiger partial charge in [0.25, 0.3) is 0 Å². The van der Waals surface area contributed by atoms with E-state index in [4.69, 9.17) is 0 Å². The van der Waals surface area contributed by atoms with Crippen molar-refractivity contribution in [2.45, 2.75) is 38.9 Å². The second-order valence-corrected chi connectivity index (χ2v) is 3.78. The maximum Gasteiger partial charge on any atom is 0.145 e. The van der Waals surface area contributed by atoms with Crippen molar-refractivity contribution in [3.05, 3.63) is 0 Å². The van der Waals surface area contributed by atoms with Crippen LogP contribution in [0.3, 0.4) is 0 Å². The molecule has 0 bridgehead atoms. The smallest absolute Gasteiger partial charge is 0.145 e. The Morgan fingerprint density at radius 2 is 2.10 bits per heavy atom. The number of hydrogen-bond donors (Lipinski definition) is 0. The van der Waals surface area contributed by atoms with Gasteiger partial charge in [-0.2, -0.15) is 11.8 Å². The highest BCUT2D eigenvalue weighted by Gasteiger charge is 2.08. The minimum Gasteiger partial charge on any atom is -0.298 e. The first-order valence-electron chi connectivity index (χ1n) is 3.86. The van der Waals surface area contributed by atoms with Gasteiger partial charge in [-0.05, 0) is 19.1 Å². The largest absolute Gasteiger partial charge is 0.298 e. The second-order valence-electron chi connectivity index (χ2n) is 2.33. The number of ketones is 1. The first-order valence-corrected chi connectivity index (χ1v) is 4.91. The molecule has 1 unspecified atom stereocenters. The van der Waals surface area contributed by atoms with Crippen LogP contribution in [-0.2, 0) is 4.79 Å². The quantitative estimate of drug-likeness (QED) is 0.614. The first kappa shape index (κ1) is 10.0. The fourth-order valence-electron chi connectivity index (χ4n) is 0.675. The van der Waals surface area contributed by atoms with E-state index in [9.17, 15) is 4.79 Å². The molecule has 10 heavy (non-hydrogen) atoms. The van der Waals surface area contributed by atoms with Gasteiger partial charge in [-0.15, -0.1) is 0 Å². The molecule has 1 atom stereocenters. The number of rotatable bonds is 5. The van der Waals surface area contributed by atoms with Crippen LogP contribution in [-0.4, -0.2) is 16.8 Å². The second kappa shape index (κ2) is 5.78. The molecule has 0 aliphatic heterocycles. The summed E-state index contributed by atoms with van der Waals surface area (Å²) in [7, 11) is 0. The summed E-state index contributed by atoms with van der Waals surface area (Å²) in [6.07, 6.45) is 1.84.